The summed E-state index contributed by atoms with van der Waals surface area (Å²) in [6, 6.07) is 0. The Balaban J connectivity index is 2.59. The predicted octanol–water partition coefficient (Wildman–Crippen LogP) is 2.57. The molecule has 1 rings (SSSR count). The van der Waals surface area contributed by atoms with Crippen molar-refractivity contribution in [2.75, 3.05) is 6.54 Å². The van der Waals surface area contributed by atoms with E-state index in [1.165, 1.54) is 0 Å². The summed E-state index contributed by atoms with van der Waals surface area (Å²) < 4.78 is 0. The van der Waals surface area contributed by atoms with Gasteiger partial charge in [0.1, 0.15) is 0 Å². The average Bonchev–Trinajstić information content (AvgIpc) is 2.08. The zero-order valence-electron chi connectivity index (χ0n) is 7.74. The van der Waals surface area contributed by atoms with E-state index in [2.05, 4.69) is 6.58 Å². The molecule has 13 heavy (non-hydrogen) atoms. The normalized spacial score (nSPS) is 22.2. The molecule has 0 aromatic carbocycles. The summed E-state index contributed by atoms with van der Waals surface area (Å²) in [5.41, 5.74) is 0.996. The monoisotopic (exact) mass is 181 g/mol. The van der Waals surface area contributed by atoms with Gasteiger partial charge in [-0.2, -0.15) is 0 Å². The van der Waals surface area contributed by atoms with Crippen molar-refractivity contribution < 1.29 is 4.92 Å². The lowest BCUT2D eigenvalue weighted by Crippen LogP contribution is -2.15. The van der Waals surface area contributed by atoms with Crippen molar-refractivity contribution in [2.24, 2.45) is 5.92 Å². The van der Waals surface area contributed by atoms with Gasteiger partial charge in [-0.05, 0) is 37.2 Å². The molecule has 0 aliphatic heterocycles. The van der Waals surface area contributed by atoms with Crippen molar-refractivity contribution in [1.29, 1.82) is 0 Å². The SMILES string of the molecule is C=CCC1CCCC=C1C[N+](=O)[O-]. The molecular weight excluding hydrogens is 166 g/mol. The van der Waals surface area contributed by atoms with Crippen LogP contribution in [0, 0.1) is 16.0 Å². The van der Waals surface area contributed by atoms with Gasteiger partial charge >= 0.3 is 0 Å². The van der Waals surface area contributed by atoms with E-state index in [-0.39, 0.29) is 11.5 Å². The molecule has 0 N–H and O–H groups in total. The van der Waals surface area contributed by atoms with Crippen LogP contribution in [0.3, 0.4) is 0 Å². The second-order valence-corrected chi connectivity index (χ2v) is 3.42. The van der Waals surface area contributed by atoms with Crippen LogP contribution in [0.1, 0.15) is 25.7 Å². The van der Waals surface area contributed by atoms with Gasteiger partial charge in [-0.3, -0.25) is 10.1 Å². The van der Waals surface area contributed by atoms with E-state index >= 15 is 0 Å². The summed E-state index contributed by atoms with van der Waals surface area (Å²) in [4.78, 5) is 10.1. The molecule has 1 aliphatic rings. The van der Waals surface area contributed by atoms with Gasteiger partial charge in [0.15, 0.2) is 0 Å². The van der Waals surface area contributed by atoms with Crippen LogP contribution in [0.5, 0.6) is 0 Å². The molecule has 0 aromatic rings. The number of hydrogen-bond acceptors (Lipinski definition) is 2. The second-order valence-electron chi connectivity index (χ2n) is 3.42. The fraction of sp³-hybridized carbons (Fsp3) is 0.600. The smallest absolute Gasteiger partial charge is 0.225 e. The van der Waals surface area contributed by atoms with Gasteiger partial charge in [-0.25, -0.2) is 0 Å². The molecule has 1 atom stereocenters. The first-order chi connectivity index (χ1) is 6.24. The maximum Gasteiger partial charge on any atom is 0.225 e. The highest BCUT2D eigenvalue weighted by atomic mass is 16.6. The summed E-state index contributed by atoms with van der Waals surface area (Å²) in [5, 5.41) is 10.4. The minimum atomic E-state index is -0.243. The van der Waals surface area contributed by atoms with E-state index in [1.807, 2.05) is 12.2 Å². The van der Waals surface area contributed by atoms with E-state index in [9.17, 15) is 10.1 Å². The van der Waals surface area contributed by atoms with Crippen LogP contribution >= 0.6 is 0 Å². The van der Waals surface area contributed by atoms with Crippen LogP contribution in [0.25, 0.3) is 0 Å². The highest BCUT2D eigenvalue weighted by Gasteiger charge is 2.19. The first kappa shape index (κ1) is 9.96. The fourth-order valence-electron chi connectivity index (χ4n) is 1.82. The molecule has 1 aliphatic carbocycles. The van der Waals surface area contributed by atoms with Gasteiger partial charge in [0.2, 0.25) is 6.54 Å². The van der Waals surface area contributed by atoms with Crippen LogP contribution in [-0.2, 0) is 0 Å². The van der Waals surface area contributed by atoms with Gasteiger partial charge in [-0.1, -0.05) is 12.2 Å². The molecule has 0 amide bonds. The minimum absolute atomic E-state index is 0.0124. The number of nitrogens with zero attached hydrogens (tertiary/aromatic N) is 1. The Hall–Kier alpha value is -1.12. The van der Waals surface area contributed by atoms with E-state index < -0.39 is 0 Å². The Morgan fingerprint density at radius 3 is 3.15 bits per heavy atom. The van der Waals surface area contributed by atoms with Gasteiger partial charge in [0.25, 0.3) is 0 Å². The standard InChI is InChI=1S/C10H15NO2/c1-2-5-9-6-3-4-7-10(9)8-11(12)13/h2,7,9H,1,3-6,8H2. The van der Waals surface area contributed by atoms with Crippen LogP contribution in [0.2, 0.25) is 0 Å². The summed E-state index contributed by atoms with van der Waals surface area (Å²) in [5.74, 6) is 0.372. The molecule has 3 heteroatoms. The van der Waals surface area contributed by atoms with E-state index in [0.29, 0.717) is 5.92 Å². The maximum absolute atomic E-state index is 10.4. The lowest BCUT2D eigenvalue weighted by atomic mass is 9.85. The zero-order valence-corrected chi connectivity index (χ0v) is 7.74. The molecular formula is C10H15NO2. The highest BCUT2D eigenvalue weighted by Crippen LogP contribution is 2.27. The van der Waals surface area contributed by atoms with Crippen LogP contribution < -0.4 is 0 Å². The molecule has 0 heterocycles. The third-order valence-corrected chi connectivity index (χ3v) is 2.45. The molecule has 0 spiro atoms. The average molecular weight is 181 g/mol. The fourth-order valence-corrected chi connectivity index (χ4v) is 1.82. The summed E-state index contributed by atoms with van der Waals surface area (Å²) in [6.45, 7) is 3.68. The second kappa shape index (κ2) is 4.80. The Bertz CT molecular complexity index is 233. The Labute approximate surface area is 78.3 Å². The molecule has 0 saturated heterocycles. The van der Waals surface area contributed by atoms with Crippen LogP contribution in [0.15, 0.2) is 24.3 Å². The first-order valence-corrected chi connectivity index (χ1v) is 4.65. The molecule has 0 saturated carbocycles. The Kier molecular flexibility index (Phi) is 3.68. The number of hydrogen-bond donors (Lipinski definition) is 0. The van der Waals surface area contributed by atoms with Gasteiger partial charge in [0.05, 0.1) is 0 Å². The molecule has 3 nitrogen and oxygen atoms in total. The number of allylic oxidation sites excluding steroid dienone is 2. The minimum Gasteiger partial charge on any atom is -0.264 e. The van der Waals surface area contributed by atoms with Crippen LogP contribution in [-0.4, -0.2) is 11.5 Å². The molecule has 72 valence electrons. The molecule has 0 aromatic heterocycles. The first-order valence-electron chi connectivity index (χ1n) is 4.65. The number of rotatable bonds is 4. The molecule has 1 unspecified atom stereocenters. The number of nitro groups is 1. The molecule has 0 fully saturated rings. The largest absolute Gasteiger partial charge is 0.264 e. The summed E-state index contributed by atoms with van der Waals surface area (Å²) >= 11 is 0. The third-order valence-electron chi connectivity index (χ3n) is 2.45. The van der Waals surface area contributed by atoms with E-state index in [1.54, 1.807) is 0 Å². The van der Waals surface area contributed by atoms with Gasteiger partial charge < -0.3 is 0 Å². The maximum atomic E-state index is 10.4. The van der Waals surface area contributed by atoms with Crippen molar-refractivity contribution in [1.82, 2.24) is 0 Å². The topological polar surface area (TPSA) is 43.1 Å². The van der Waals surface area contributed by atoms with Crippen molar-refractivity contribution in [3.8, 4) is 0 Å². The lowest BCUT2D eigenvalue weighted by Gasteiger charge is -2.20. The third kappa shape index (κ3) is 3.01. The Morgan fingerprint density at radius 2 is 2.54 bits per heavy atom. The molecule has 0 radical (unpaired) electrons. The van der Waals surface area contributed by atoms with Crippen molar-refractivity contribution in [3.63, 3.8) is 0 Å². The van der Waals surface area contributed by atoms with E-state index in [0.717, 1.165) is 31.3 Å². The zero-order chi connectivity index (χ0) is 9.68. The van der Waals surface area contributed by atoms with Crippen molar-refractivity contribution >= 4 is 0 Å². The molecule has 0 bridgehead atoms. The highest BCUT2D eigenvalue weighted by molar-refractivity contribution is 5.11. The van der Waals surface area contributed by atoms with E-state index in [4.69, 9.17) is 0 Å². The van der Waals surface area contributed by atoms with Crippen molar-refractivity contribution in [2.45, 2.75) is 25.7 Å². The quantitative estimate of drug-likeness (QED) is 0.380. The van der Waals surface area contributed by atoms with Crippen LogP contribution in [0.4, 0.5) is 0 Å². The predicted molar refractivity (Wildman–Crippen MR) is 52.1 cm³/mol. The summed E-state index contributed by atoms with van der Waals surface area (Å²) in [6.07, 6.45) is 7.98. The van der Waals surface area contributed by atoms with Gasteiger partial charge in [0, 0.05) is 4.92 Å². The van der Waals surface area contributed by atoms with Crippen molar-refractivity contribution in [3.05, 3.63) is 34.4 Å². The lowest BCUT2D eigenvalue weighted by molar-refractivity contribution is -0.471. The summed E-state index contributed by atoms with van der Waals surface area (Å²) in [7, 11) is 0. The Morgan fingerprint density at radius 1 is 1.77 bits per heavy atom. The van der Waals surface area contributed by atoms with Gasteiger partial charge in [-0.15, -0.1) is 6.58 Å².